The van der Waals surface area contributed by atoms with Crippen LogP contribution in [-0.4, -0.2) is 4.87 Å². The van der Waals surface area contributed by atoms with Crippen molar-refractivity contribution in [3.8, 4) is 0 Å². The first-order valence-electron chi connectivity index (χ1n) is 4.60. The first kappa shape index (κ1) is 11.3. The predicted octanol–water partition coefficient (Wildman–Crippen LogP) is 4.08. The van der Waals surface area contributed by atoms with Crippen LogP contribution in [0.5, 0.6) is 0 Å². The zero-order chi connectivity index (χ0) is 9.07. The molecule has 0 nitrogen and oxygen atoms in total. The SMILES string of the molecule is CCCC(C)(Cl)C(C)C(C)C. The molecule has 68 valence electrons. The van der Waals surface area contributed by atoms with E-state index in [1.807, 2.05) is 0 Å². The van der Waals surface area contributed by atoms with Gasteiger partial charge in [0.2, 0.25) is 0 Å². The molecule has 0 aromatic carbocycles. The first-order chi connectivity index (χ1) is 4.91. The van der Waals surface area contributed by atoms with Crippen molar-refractivity contribution in [2.45, 2.75) is 52.3 Å². The van der Waals surface area contributed by atoms with E-state index in [-0.39, 0.29) is 4.87 Å². The van der Waals surface area contributed by atoms with E-state index in [1.165, 1.54) is 6.42 Å². The molecule has 0 bridgehead atoms. The molecule has 0 aromatic rings. The molecule has 1 heteroatoms. The molecule has 0 fully saturated rings. The fourth-order valence-corrected chi connectivity index (χ4v) is 1.85. The predicted molar refractivity (Wildman–Crippen MR) is 53.2 cm³/mol. The number of hydrogen-bond acceptors (Lipinski definition) is 0. The Morgan fingerprint density at radius 2 is 1.73 bits per heavy atom. The van der Waals surface area contributed by atoms with Gasteiger partial charge < -0.3 is 0 Å². The van der Waals surface area contributed by atoms with Crippen LogP contribution >= 0.6 is 11.6 Å². The van der Waals surface area contributed by atoms with Gasteiger partial charge in [-0.25, -0.2) is 0 Å². The van der Waals surface area contributed by atoms with Gasteiger partial charge >= 0.3 is 0 Å². The summed E-state index contributed by atoms with van der Waals surface area (Å²) in [5.74, 6) is 1.29. The zero-order valence-corrected chi connectivity index (χ0v) is 9.20. The summed E-state index contributed by atoms with van der Waals surface area (Å²) in [5.41, 5.74) is 0. The van der Waals surface area contributed by atoms with Crippen LogP contribution in [0.1, 0.15) is 47.5 Å². The van der Waals surface area contributed by atoms with Crippen LogP contribution in [0.3, 0.4) is 0 Å². The molecule has 0 N–H and O–H groups in total. The van der Waals surface area contributed by atoms with Crippen LogP contribution < -0.4 is 0 Å². The van der Waals surface area contributed by atoms with E-state index < -0.39 is 0 Å². The molecular formula is C10H21Cl. The second-order valence-electron chi connectivity index (χ2n) is 4.06. The molecule has 0 aliphatic carbocycles. The topological polar surface area (TPSA) is 0 Å². The Labute approximate surface area is 76.3 Å². The maximum Gasteiger partial charge on any atom is 0.0446 e. The Balaban J connectivity index is 4.05. The van der Waals surface area contributed by atoms with E-state index in [0.29, 0.717) is 11.8 Å². The Morgan fingerprint density at radius 1 is 1.27 bits per heavy atom. The lowest BCUT2D eigenvalue weighted by atomic mass is 9.83. The highest BCUT2D eigenvalue weighted by Gasteiger charge is 2.29. The summed E-state index contributed by atoms with van der Waals surface area (Å²) in [6, 6.07) is 0. The largest absolute Gasteiger partial charge is 0.119 e. The van der Waals surface area contributed by atoms with Crippen LogP contribution in [0.25, 0.3) is 0 Å². The molecule has 0 aliphatic heterocycles. The molecule has 0 amide bonds. The van der Waals surface area contributed by atoms with E-state index in [1.54, 1.807) is 0 Å². The molecule has 0 rings (SSSR count). The molecule has 0 saturated carbocycles. The van der Waals surface area contributed by atoms with Gasteiger partial charge in [0.25, 0.3) is 0 Å². The molecule has 0 aromatic heterocycles. The van der Waals surface area contributed by atoms with Gasteiger partial charge in [0.05, 0.1) is 0 Å². The van der Waals surface area contributed by atoms with Crippen LogP contribution in [0.15, 0.2) is 0 Å². The average molecular weight is 177 g/mol. The third-order valence-corrected chi connectivity index (χ3v) is 3.22. The van der Waals surface area contributed by atoms with Gasteiger partial charge in [-0.15, -0.1) is 11.6 Å². The van der Waals surface area contributed by atoms with Gasteiger partial charge in [-0.2, -0.15) is 0 Å². The van der Waals surface area contributed by atoms with Crippen molar-refractivity contribution < 1.29 is 0 Å². The lowest BCUT2D eigenvalue weighted by Gasteiger charge is -2.31. The van der Waals surface area contributed by atoms with Crippen molar-refractivity contribution in [1.29, 1.82) is 0 Å². The molecule has 2 unspecified atom stereocenters. The zero-order valence-electron chi connectivity index (χ0n) is 8.45. The second kappa shape index (κ2) is 4.35. The van der Waals surface area contributed by atoms with Crippen molar-refractivity contribution in [3.63, 3.8) is 0 Å². The van der Waals surface area contributed by atoms with Crippen molar-refractivity contribution in [2.24, 2.45) is 11.8 Å². The monoisotopic (exact) mass is 176 g/mol. The molecule has 0 aliphatic rings. The van der Waals surface area contributed by atoms with Gasteiger partial charge in [-0.3, -0.25) is 0 Å². The summed E-state index contributed by atoms with van der Waals surface area (Å²) in [6.45, 7) is 11.1. The van der Waals surface area contributed by atoms with E-state index in [2.05, 4.69) is 34.6 Å². The van der Waals surface area contributed by atoms with Gasteiger partial charge in [-0.05, 0) is 25.2 Å². The Kier molecular flexibility index (Phi) is 4.46. The normalized spacial score (nSPS) is 19.9. The van der Waals surface area contributed by atoms with Crippen LogP contribution in [0.2, 0.25) is 0 Å². The highest BCUT2D eigenvalue weighted by atomic mass is 35.5. The molecule has 0 radical (unpaired) electrons. The van der Waals surface area contributed by atoms with Crippen LogP contribution in [-0.2, 0) is 0 Å². The van der Waals surface area contributed by atoms with Crippen molar-refractivity contribution in [3.05, 3.63) is 0 Å². The lowest BCUT2D eigenvalue weighted by Crippen LogP contribution is -2.29. The smallest absolute Gasteiger partial charge is 0.0446 e. The third kappa shape index (κ3) is 3.46. The fourth-order valence-electron chi connectivity index (χ4n) is 1.41. The molecule has 0 spiro atoms. The number of hydrogen-bond donors (Lipinski definition) is 0. The molecule has 2 atom stereocenters. The number of rotatable bonds is 4. The first-order valence-corrected chi connectivity index (χ1v) is 4.98. The fraction of sp³-hybridized carbons (Fsp3) is 1.00. The minimum Gasteiger partial charge on any atom is -0.119 e. The summed E-state index contributed by atoms with van der Waals surface area (Å²) >= 11 is 6.38. The Hall–Kier alpha value is 0.290. The van der Waals surface area contributed by atoms with E-state index >= 15 is 0 Å². The molecular weight excluding hydrogens is 156 g/mol. The summed E-state index contributed by atoms with van der Waals surface area (Å²) in [4.78, 5) is 0.00289. The average Bonchev–Trinajstić information content (AvgIpc) is 1.86. The van der Waals surface area contributed by atoms with Crippen molar-refractivity contribution >= 4 is 11.6 Å². The van der Waals surface area contributed by atoms with E-state index in [4.69, 9.17) is 11.6 Å². The number of halogens is 1. The van der Waals surface area contributed by atoms with E-state index in [0.717, 1.165) is 6.42 Å². The minimum absolute atomic E-state index is 0.00289. The van der Waals surface area contributed by atoms with Crippen LogP contribution in [0.4, 0.5) is 0 Å². The maximum atomic E-state index is 6.38. The third-order valence-electron chi connectivity index (χ3n) is 2.69. The highest BCUT2D eigenvalue weighted by Crippen LogP contribution is 2.34. The summed E-state index contributed by atoms with van der Waals surface area (Å²) < 4.78 is 0. The molecule has 0 saturated heterocycles. The van der Waals surface area contributed by atoms with Crippen molar-refractivity contribution in [1.82, 2.24) is 0 Å². The highest BCUT2D eigenvalue weighted by molar-refractivity contribution is 6.23. The van der Waals surface area contributed by atoms with Gasteiger partial charge in [0.1, 0.15) is 0 Å². The minimum atomic E-state index is 0.00289. The van der Waals surface area contributed by atoms with Crippen LogP contribution in [0, 0.1) is 11.8 Å². The number of alkyl halides is 1. The molecule has 0 heterocycles. The van der Waals surface area contributed by atoms with Crippen molar-refractivity contribution in [2.75, 3.05) is 0 Å². The Morgan fingerprint density at radius 3 is 2.00 bits per heavy atom. The van der Waals surface area contributed by atoms with Gasteiger partial charge in [0, 0.05) is 4.87 Å². The standard InChI is InChI=1S/C10H21Cl/c1-6-7-10(5,11)9(4)8(2)3/h8-9H,6-7H2,1-5H3. The Bertz CT molecular complexity index is 105. The quantitative estimate of drug-likeness (QED) is 0.567. The second-order valence-corrected chi connectivity index (χ2v) is 4.92. The maximum absolute atomic E-state index is 6.38. The molecule has 11 heavy (non-hydrogen) atoms. The lowest BCUT2D eigenvalue weighted by molar-refractivity contribution is 0.307. The van der Waals surface area contributed by atoms with Gasteiger partial charge in [-0.1, -0.05) is 34.1 Å². The summed E-state index contributed by atoms with van der Waals surface area (Å²) in [6.07, 6.45) is 2.30. The van der Waals surface area contributed by atoms with Gasteiger partial charge in [0.15, 0.2) is 0 Å². The van der Waals surface area contributed by atoms with E-state index in [9.17, 15) is 0 Å². The summed E-state index contributed by atoms with van der Waals surface area (Å²) in [5, 5.41) is 0. The summed E-state index contributed by atoms with van der Waals surface area (Å²) in [7, 11) is 0.